The fourth-order valence-electron chi connectivity index (χ4n) is 2.98. The second-order valence-corrected chi connectivity index (χ2v) is 8.42. The summed E-state index contributed by atoms with van der Waals surface area (Å²) >= 11 is 6.19. The summed E-state index contributed by atoms with van der Waals surface area (Å²) in [7, 11) is -2.27. The van der Waals surface area contributed by atoms with Gasteiger partial charge >= 0.3 is 0 Å². The van der Waals surface area contributed by atoms with Crippen LogP contribution in [0.25, 0.3) is 0 Å². The molecule has 0 aliphatic carbocycles. The van der Waals surface area contributed by atoms with Gasteiger partial charge in [-0.05, 0) is 24.1 Å². The van der Waals surface area contributed by atoms with Gasteiger partial charge in [0.2, 0.25) is 5.03 Å². The van der Waals surface area contributed by atoms with E-state index >= 15 is 0 Å². The lowest BCUT2D eigenvalue weighted by molar-refractivity contribution is 0.373. The third-order valence-electron chi connectivity index (χ3n) is 4.38. The molecule has 0 saturated heterocycles. The minimum absolute atomic E-state index is 0.0855. The van der Waals surface area contributed by atoms with Gasteiger partial charge in [0.25, 0.3) is 10.0 Å². The van der Waals surface area contributed by atoms with E-state index in [4.69, 9.17) is 11.6 Å². The zero-order valence-corrected chi connectivity index (χ0v) is 16.9. The number of rotatable bonds is 6. The summed E-state index contributed by atoms with van der Waals surface area (Å²) in [6, 6.07) is 10.9. The van der Waals surface area contributed by atoms with Crippen molar-refractivity contribution in [3.8, 4) is 0 Å². The molecule has 8 heteroatoms. The summed E-state index contributed by atoms with van der Waals surface area (Å²) in [6.07, 6.45) is 4.74. The number of aryl methyl sites for hydroxylation is 2. The molecule has 142 valence electrons. The van der Waals surface area contributed by atoms with Gasteiger partial charge in [-0.25, -0.2) is 13.4 Å². The number of nitrogens with zero attached hydrogens (tertiary/aromatic N) is 4. The molecule has 0 fully saturated rings. The van der Waals surface area contributed by atoms with Crippen molar-refractivity contribution in [2.24, 2.45) is 7.05 Å². The number of pyridine rings is 1. The van der Waals surface area contributed by atoms with Gasteiger partial charge in [0, 0.05) is 26.0 Å². The lowest BCUT2D eigenvalue weighted by Crippen LogP contribution is -2.36. The average molecular weight is 405 g/mol. The highest BCUT2D eigenvalue weighted by Gasteiger charge is 2.35. The Morgan fingerprint density at radius 2 is 1.89 bits per heavy atom. The van der Waals surface area contributed by atoms with E-state index in [1.54, 1.807) is 32.4 Å². The Bertz CT molecular complexity index is 1020. The highest BCUT2D eigenvalue weighted by Crippen LogP contribution is 2.34. The molecule has 6 nitrogen and oxygen atoms in total. The van der Waals surface area contributed by atoms with E-state index in [1.807, 2.05) is 37.3 Å². The topological polar surface area (TPSA) is 68.1 Å². The Balaban J connectivity index is 2.17. The first kappa shape index (κ1) is 19.5. The van der Waals surface area contributed by atoms with Crippen LogP contribution in [0.5, 0.6) is 0 Å². The lowest BCUT2D eigenvalue weighted by Gasteiger charge is -2.30. The zero-order chi connectivity index (χ0) is 19.6. The van der Waals surface area contributed by atoms with E-state index < -0.39 is 16.1 Å². The van der Waals surface area contributed by atoms with Crippen molar-refractivity contribution in [2.75, 3.05) is 6.54 Å². The molecule has 0 bridgehead atoms. The molecule has 1 aromatic carbocycles. The predicted octanol–water partition coefficient (Wildman–Crippen LogP) is 3.58. The van der Waals surface area contributed by atoms with Crippen LogP contribution in [0.3, 0.4) is 0 Å². The van der Waals surface area contributed by atoms with Crippen LogP contribution in [0.4, 0.5) is 0 Å². The molecule has 0 amide bonds. The third-order valence-corrected chi connectivity index (χ3v) is 6.81. The number of sulfonamides is 1. The van der Waals surface area contributed by atoms with Gasteiger partial charge in [0.15, 0.2) is 0 Å². The molecule has 0 saturated carbocycles. The van der Waals surface area contributed by atoms with Crippen LogP contribution in [0.15, 0.2) is 60.1 Å². The van der Waals surface area contributed by atoms with Gasteiger partial charge in [-0.1, -0.05) is 54.4 Å². The van der Waals surface area contributed by atoms with Crippen LogP contribution >= 0.6 is 11.6 Å². The molecule has 2 heterocycles. The summed E-state index contributed by atoms with van der Waals surface area (Å²) < 4.78 is 29.7. The van der Waals surface area contributed by atoms with Crippen LogP contribution in [0, 0.1) is 6.92 Å². The first-order valence-corrected chi connectivity index (χ1v) is 10.3. The van der Waals surface area contributed by atoms with E-state index in [0.29, 0.717) is 0 Å². The maximum Gasteiger partial charge on any atom is 0.264 e. The summed E-state index contributed by atoms with van der Waals surface area (Å²) in [4.78, 5) is 8.20. The first-order chi connectivity index (χ1) is 12.9. The maximum atomic E-state index is 13.4. The third kappa shape index (κ3) is 3.76. The van der Waals surface area contributed by atoms with Gasteiger partial charge in [0.1, 0.15) is 5.15 Å². The smallest absolute Gasteiger partial charge is 0.264 e. The predicted molar refractivity (Wildman–Crippen MR) is 105 cm³/mol. The summed E-state index contributed by atoms with van der Waals surface area (Å²) in [6.45, 7) is 4.04. The van der Waals surface area contributed by atoms with Gasteiger partial charge < -0.3 is 4.57 Å². The minimum Gasteiger partial charge on any atom is -0.324 e. The Morgan fingerprint density at radius 1 is 1.19 bits per heavy atom. The fourth-order valence-corrected chi connectivity index (χ4v) is 4.99. The highest BCUT2D eigenvalue weighted by atomic mass is 35.5. The van der Waals surface area contributed by atoms with Crippen molar-refractivity contribution in [1.29, 1.82) is 0 Å². The van der Waals surface area contributed by atoms with Crippen molar-refractivity contribution >= 4 is 21.6 Å². The molecule has 0 aliphatic rings. The molecule has 0 N–H and O–H groups in total. The van der Waals surface area contributed by atoms with Crippen molar-refractivity contribution in [1.82, 2.24) is 18.8 Å². The Hall–Kier alpha value is -2.22. The number of halogens is 1. The molecule has 2 aromatic heterocycles. The zero-order valence-electron chi connectivity index (χ0n) is 15.4. The second-order valence-electron chi connectivity index (χ2n) is 6.26. The molecule has 0 radical (unpaired) electrons. The van der Waals surface area contributed by atoms with Crippen LogP contribution in [0.1, 0.15) is 29.7 Å². The number of hydrogen-bond donors (Lipinski definition) is 0. The standard InChI is InChI=1S/C19H21ClN4O2S/c1-4-24(27(25,26)19-18(20)23(3)13-22-19)17(16-6-5-11-21-12-16)15-9-7-14(2)8-10-15/h5-13,17H,4H2,1-3H3/t17-/m1/s1. The number of benzene rings is 1. The SMILES string of the molecule is CCN([C@H](c1ccc(C)cc1)c1cccnc1)S(=O)(=O)c1ncn(C)c1Cl. The van der Waals surface area contributed by atoms with E-state index in [1.165, 1.54) is 15.2 Å². The van der Waals surface area contributed by atoms with Crippen LogP contribution in [-0.4, -0.2) is 33.8 Å². The van der Waals surface area contributed by atoms with Gasteiger partial charge in [-0.3, -0.25) is 4.98 Å². The normalized spacial score (nSPS) is 13.1. The van der Waals surface area contributed by atoms with Crippen molar-refractivity contribution in [3.05, 3.63) is 77.0 Å². The molecule has 0 aliphatic heterocycles. The molecular weight excluding hydrogens is 384 g/mol. The summed E-state index contributed by atoms with van der Waals surface area (Å²) in [5.41, 5.74) is 2.73. The quantitative estimate of drug-likeness (QED) is 0.629. The number of hydrogen-bond acceptors (Lipinski definition) is 4. The monoisotopic (exact) mass is 404 g/mol. The number of aromatic nitrogens is 3. The molecular formula is C19H21ClN4O2S. The minimum atomic E-state index is -3.92. The molecule has 27 heavy (non-hydrogen) atoms. The summed E-state index contributed by atoms with van der Waals surface area (Å²) in [5.74, 6) is 0. The summed E-state index contributed by atoms with van der Waals surface area (Å²) in [5, 5.41) is -0.0585. The number of imidazole rings is 1. The van der Waals surface area contributed by atoms with Crippen molar-refractivity contribution < 1.29 is 8.42 Å². The van der Waals surface area contributed by atoms with Crippen LogP contribution in [-0.2, 0) is 17.1 Å². The van der Waals surface area contributed by atoms with Gasteiger partial charge in [-0.15, -0.1) is 0 Å². The largest absolute Gasteiger partial charge is 0.324 e. The van der Waals surface area contributed by atoms with E-state index in [-0.39, 0.29) is 16.7 Å². The molecule has 1 atom stereocenters. The van der Waals surface area contributed by atoms with Crippen LogP contribution in [0.2, 0.25) is 5.15 Å². The lowest BCUT2D eigenvalue weighted by atomic mass is 9.99. The van der Waals surface area contributed by atoms with E-state index in [0.717, 1.165) is 16.7 Å². The van der Waals surface area contributed by atoms with Gasteiger partial charge in [-0.2, -0.15) is 4.31 Å². The second kappa shape index (κ2) is 7.80. The van der Waals surface area contributed by atoms with E-state index in [2.05, 4.69) is 9.97 Å². The maximum absolute atomic E-state index is 13.4. The van der Waals surface area contributed by atoms with Crippen LogP contribution < -0.4 is 0 Å². The van der Waals surface area contributed by atoms with Gasteiger partial charge in [0.05, 0.1) is 12.4 Å². The van der Waals surface area contributed by atoms with Crippen molar-refractivity contribution in [2.45, 2.75) is 24.9 Å². The molecule has 0 unspecified atom stereocenters. The Kier molecular flexibility index (Phi) is 5.64. The Morgan fingerprint density at radius 3 is 2.41 bits per heavy atom. The van der Waals surface area contributed by atoms with E-state index in [9.17, 15) is 8.42 Å². The molecule has 3 aromatic rings. The average Bonchev–Trinajstić information content (AvgIpc) is 3.00. The van der Waals surface area contributed by atoms with Crippen molar-refractivity contribution in [3.63, 3.8) is 0 Å². The first-order valence-electron chi connectivity index (χ1n) is 8.51. The Labute approximate surface area is 164 Å². The molecule has 3 rings (SSSR count). The highest BCUT2D eigenvalue weighted by molar-refractivity contribution is 7.89. The molecule has 0 spiro atoms. The fraction of sp³-hybridized carbons (Fsp3) is 0.263.